The minimum atomic E-state index is -0.452. The zero-order valence-electron chi connectivity index (χ0n) is 10.8. The van der Waals surface area contributed by atoms with Gasteiger partial charge in [0.25, 0.3) is 0 Å². The van der Waals surface area contributed by atoms with Crippen molar-refractivity contribution in [2.24, 2.45) is 5.73 Å². The van der Waals surface area contributed by atoms with Gasteiger partial charge in [-0.2, -0.15) is 0 Å². The summed E-state index contributed by atoms with van der Waals surface area (Å²) in [7, 11) is 0. The van der Waals surface area contributed by atoms with Crippen LogP contribution >= 0.6 is 27.7 Å². The molecule has 2 atom stereocenters. The second-order valence-electron chi connectivity index (χ2n) is 4.53. The second-order valence-corrected chi connectivity index (χ2v) is 6.63. The van der Waals surface area contributed by atoms with Crippen molar-refractivity contribution in [1.29, 1.82) is 0 Å². The predicted octanol–water partition coefficient (Wildman–Crippen LogP) is 4.91. The minimum Gasteiger partial charge on any atom is -0.327 e. The van der Waals surface area contributed by atoms with E-state index >= 15 is 0 Å². The Labute approximate surface area is 129 Å². The highest BCUT2D eigenvalue weighted by atomic mass is 79.9. The lowest BCUT2D eigenvalue weighted by atomic mass is 10.1. The molecule has 0 aliphatic rings. The van der Waals surface area contributed by atoms with Crippen LogP contribution in [0, 0.1) is 11.6 Å². The van der Waals surface area contributed by atoms with Crippen molar-refractivity contribution >= 4 is 27.7 Å². The molecule has 0 heterocycles. The number of rotatable bonds is 4. The van der Waals surface area contributed by atoms with Gasteiger partial charge >= 0.3 is 0 Å². The van der Waals surface area contributed by atoms with Crippen molar-refractivity contribution < 1.29 is 8.78 Å². The molecule has 0 amide bonds. The van der Waals surface area contributed by atoms with Gasteiger partial charge in [-0.1, -0.05) is 28.1 Å². The smallest absolute Gasteiger partial charge is 0.136 e. The van der Waals surface area contributed by atoms with Gasteiger partial charge in [0.05, 0.1) is 0 Å². The molecule has 5 heteroatoms. The van der Waals surface area contributed by atoms with E-state index in [1.165, 1.54) is 17.8 Å². The summed E-state index contributed by atoms with van der Waals surface area (Å²) in [6, 6.07) is 10.9. The zero-order valence-corrected chi connectivity index (χ0v) is 13.2. The molecule has 0 saturated carbocycles. The Hall–Kier alpha value is -0.910. The van der Waals surface area contributed by atoms with E-state index in [-0.39, 0.29) is 16.2 Å². The van der Waals surface area contributed by atoms with Crippen molar-refractivity contribution in [3.8, 4) is 0 Å². The summed E-state index contributed by atoms with van der Waals surface area (Å²) in [5, 5.41) is -0.149. The fourth-order valence-corrected chi connectivity index (χ4v) is 3.42. The fraction of sp³-hybridized carbons (Fsp3) is 0.200. The summed E-state index contributed by atoms with van der Waals surface area (Å²) in [4.78, 5) is 0.271. The van der Waals surface area contributed by atoms with E-state index in [0.29, 0.717) is 0 Å². The number of thioether (sulfide) groups is 1. The SMILES string of the molecule is CC(N)C(Sc1cc(F)ccc1F)c1cccc(Br)c1. The van der Waals surface area contributed by atoms with Crippen LogP contribution in [0.3, 0.4) is 0 Å². The monoisotopic (exact) mass is 357 g/mol. The van der Waals surface area contributed by atoms with Gasteiger partial charge in [0, 0.05) is 20.7 Å². The second kappa shape index (κ2) is 6.70. The molecule has 0 aromatic heterocycles. The molecule has 2 N–H and O–H groups in total. The average molecular weight is 358 g/mol. The highest BCUT2D eigenvalue weighted by Crippen LogP contribution is 2.39. The zero-order chi connectivity index (χ0) is 14.7. The molecule has 20 heavy (non-hydrogen) atoms. The highest BCUT2D eigenvalue weighted by Gasteiger charge is 2.20. The van der Waals surface area contributed by atoms with Gasteiger partial charge in [-0.3, -0.25) is 0 Å². The Morgan fingerprint density at radius 1 is 1.15 bits per heavy atom. The van der Waals surface area contributed by atoms with Crippen molar-refractivity contribution in [2.45, 2.75) is 23.1 Å². The first-order chi connectivity index (χ1) is 9.47. The third-order valence-corrected chi connectivity index (χ3v) is 4.82. The molecule has 106 valence electrons. The molecule has 2 rings (SSSR count). The van der Waals surface area contributed by atoms with E-state index in [0.717, 1.165) is 22.2 Å². The molecule has 0 fully saturated rings. The van der Waals surface area contributed by atoms with Crippen LogP contribution in [0.1, 0.15) is 17.7 Å². The fourth-order valence-electron chi connectivity index (χ4n) is 1.87. The maximum atomic E-state index is 13.8. The lowest BCUT2D eigenvalue weighted by molar-refractivity contribution is 0.576. The summed E-state index contributed by atoms with van der Waals surface area (Å²) in [6.45, 7) is 1.86. The quantitative estimate of drug-likeness (QED) is 0.786. The van der Waals surface area contributed by atoms with Gasteiger partial charge < -0.3 is 5.73 Å². The van der Waals surface area contributed by atoms with E-state index in [2.05, 4.69) is 15.9 Å². The van der Waals surface area contributed by atoms with Crippen molar-refractivity contribution in [2.75, 3.05) is 0 Å². The minimum absolute atomic E-state index is 0.149. The van der Waals surface area contributed by atoms with Crippen LogP contribution in [-0.2, 0) is 0 Å². The molecule has 0 aliphatic heterocycles. The topological polar surface area (TPSA) is 26.0 Å². The summed E-state index contributed by atoms with van der Waals surface area (Å²) < 4.78 is 27.9. The summed E-state index contributed by atoms with van der Waals surface area (Å²) in [5.74, 6) is -0.886. The largest absolute Gasteiger partial charge is 0.327 e. The van der Waals surface area contributed by atoms with E-state index in [4.69, 9.17) is 5.73 Å². The van der Waals surface area contributed by atoms with E-state index in [9.17, 15) is 8.78 Å². The maximum Gasteiger partial charge on any atom is 0.136 e. The Kier molecular flexibility index (Phi) is 5.18. The maximum absolute atomic E-state index is 13.8. The van der Waals surface area contributed by atoms with Crippen LogP contribution in [-0.4, -0.2) is 6.04 Å². The van der Waals surface area contributed by atoms with Crippen LogP contribution in [0.2, 0.25) is 0 Å². The van der Waals surface area contributed by atoms with Gasteiger partial charge in [-0.05, 0) is 42.8 Å². The van der Waals surface area contributed by atoms with E-state index in [1.54, 1.807) is 0 Å². The van der Waals surface area contributed by atoms with Crippen molar-refractivity contribution in [3.63, 3.8) is 0 Å². The Morgan fingerprint density at radius 3 is 2.55 bits per heavy atom. The number of nitrogens with two attached hydrogens (primary N) is 1. The third-order valence-electron chi connectivity index (χ3n) is 2.80. The molecular weight excluding hydrogens is 344 g/mol. The van der Waals surface area contributed by atoms with Crippen LogP contribution < -0.4 is 5.73 Å². The first-order valence-electron chi connectivity index (χ1n) is 6.10. The lowest BCUT2D eigenvalue weighted by Crippen LogP contribution is -2.22. The van der Waals surface area contributed by atoms with Gasteiger partial charge in [0.15, 0.2) is 0 Å². The van der Waals surface area contributed by atoms with Crippen LogP contribution in [0.4, 0.5) is 8.78 Å². The van der Waals surface area contributed by atoms with Gasteiger partial charge in [0.1, 0.15) is 11.6 Å². The molecule has 0 bridgehead atoms. The van der Waals surface area contributed by atoms with E-state index in [1.807, 2.05) is 31.2 Å². The molecule has 2 unspecified atom stereocenters. The molecule has 0 saturated heterocycles. The van der Waals surface area contributed by atoms with Gasteiger partial charge in [-0.25, -0.2) is 8.78 Å². The molecule has 2 aromatic rings. The lowest BCUT2D eigenvalue weighted by Gasteiger charge is -2.21. The normalized spacial score (nSPS) is 14.1. The Morgan fingerprint density at radius 2 is 1.90 bits per heavy atom. The summed E-state index contributed by atoms with van der Waals surface area (Å²) >= 11 is 4.65. The van der Waals surface area contributed by atoms with Gasteiger partial charge in [-0.15, -0.1) is 11.8 Å². The highest BCUT2D eigenvalue weighted by molar-refractivity contribution is 9.10. The van der Waals surface area contributed by atoms with Crippen LogP contribution in [0.5, 0.6) is 0 Å². The molecule has 0 spiro atoms. The average Bonchev–Trinajstić information content (AvgIpc) is 2.39. The number of hydrogen-bond acceptors (Lipinski definition) is 2. The molecule has 2 aromatic carbocycles. The molecular formula is C15H14BrF2NS. The van der Waals surface area contributed by atoms with Crippen molar-refractivity contribution in [1.82, 2.24) is 0 Å². The molecule has 0 radical (unpaired) electrons. The molecule has 0 aliphatic carbocycles. The molecule has 1 nitrogen and oxygen atoms in total. The van der Waals surface area contributed by atoms with Crippen LogP contribution in [0.25, 0.3) is 0 Å². The Balaban J connectivity index is 2.33. The summed E-state index contributed by atoms with van der Waals surface area (Å²) in [6.07, 6.45) is 0. The Bertz CT molecular complexity index is 604. The number of hydrogen-bond donors (Lipinski definition) is 1. The van der Waals surface area contributed by atoms with Crippen LogP contribution in [0.15, 0.2) is 51.8 Å². The standard InChI is InChI=1S/C15H14BrF2NS/c1-9(19)15(10-3-2-4-11(16)7-10)20-14-8-12(17)5-6-13(14)18/h2-9,15H,19H2,1H3. The van der Waals surface area contributed by atoms with Gasteiger partial charge in [0.2, 0.25) is 0 Å². The first kappa shape index (κ1) is 15.5. The summed E-state index contributed by atoms with van der Waals surface area (Å²) in [5.41, 5.74) is 6.98. The van der Waals surface area contributed by atoms with Crippen molar-refractivity contribution in [3.05, 3.63) is 64.1 Å². The number of benzene rings is 2. The number of halogens is 3. The third kappa shape index (κ3) is 3.81. The van der Waals surface area contributed by atoms with E-state index < -0.39 is 11.6 Å². The first-order valence-corrected chi connectivity index (χ1v) is 7.77. The predicted molar refractivity (Wildman–Crippen MR) is 82.7 cm³/mol.